The Morgan fingerprint density at radius 2 is 1.87 bits per heavy atom. The van der Waals surface area contributed by atoms with Gasteiger partial charge in [0, 0.05) is 31.7 Å². The lowest BCUT2D eigenvalue weighted by molar-refractivity contribution is 0.0654. The zero-order valence-corrected chi connectivity index (χ0v) is 13.4. The number of nitrogens with zero attached hydrogens (tertiary/aromatic N) is 3. The van der Waals surface area contributed by atoms with Crippen molar-refractivity contribution in [3.63, 3.8) is 0 Å². The summed E-state index contributed by atoms with van der Waals surface area (Å²) in [7, 11) is 2.04. The van der Waals surface area contributed by atoms with Crippen LogP contribution in [0.4, 0.5) is 0 Å². The third kappa shape index (κ3) is 3.13. The Hall–Kier alpha value is -2.18. The first-order chi connectivity index (χ1) is 11.1. The monoisotopic (exact) mass is 315 g/mol. The zero-order chi connectivity index (χ0) is 16.4. The molecule has 0 bridgehead atoms. The largest absolute Gasteiger partial charge is 0.385 e. The van der Waals surface area contributed by atoms with Crippen molar-refractivity contribution in [2.24, 2.45) is 0 Å². The summed E-state index contributed by atoms with van der Waals surface area (Å²) in [6, 6.07) is 9.43. The van der Waals surface area contributed by atoms with Gasteiger partial charge < -0.3 is 19.4 Å². The minimum absolute atomic E-state index is 0.130. The van der Waals surface area contributed by atoms with Crippen molar-refractivity contribution >= 4 is 5.91 Å². The van der Waals surface area contributed by atoms with Gasteiger partial charge in [0.05, 0.1) is 0 Å². The molecule has 1 saturated heterocycles. The second-order valence-corrected chi connectivity index (χ2v) is 5.91. The van der Waals surface area contributed by atoms with E-state index in [-0.39, 0.29) is 11.7 Å². The first kappa shape index (κ1) is 15.7. The van der Waals surface area contributed by atoms with Gasteiger partial charge in [-0.25, -0.2) is 0 Å². The molecule has 1 aliphatic heterocycles. The van der Waals surface area contributed by atoms with Crippen LogP contribution in [-0.2, 0) is 0 Å². The van der Waals surface area contributed by atoms with E-state index in [2.05, 4.69) is 10.1 Å². The molecule has 122 valence electrons. The molecule has 1 atom stereocenters. The maximum Gasteiger partial charge on any atom is 0.259 e. The third-order valence-corrected chi connectivity index (χ3v) is 4.15. The standard InChI is InChI=1S/C17H21N3O3/c1-12(21)16-14(17(22)20-10-8-19(2)9-11-20)15(18-23-16)13-6-4-3-5-7-13/h3-7,12,21H,8-11H2,1-2H3. The van der Waals surface area contributed by atoms with Gasteiger partial charge in [0.1, 0.15) is 17.4 Å². The first-order valence-corrected chi connectivity index (χ1v) is 7.79. The van der Waals surface area contributed by atoms with Crippen LogP contribution < -0.4 is 0 Å². The summed E-state index contributed by atoms with van der Waals surface area (Å²) in [5.74, 6) is 0.0990. The molecule has 2 heterocycles. The summed E-state index contributed by atoms with van der Waals surface area (Å²) in [5, 5.41) is 14.0. The average molecular weight is 315 g/mol. The average Bonchev–Trinajstić information content (AvgIpc) is 3.01. The van der Waals surface area contributed by atoms with Gasteiger partial charge >= 0.3 is 0 Å². The van der Waals surface area contributed by atoms with E-state index in [4.69, 9.17) is 4.52 Å². The molecule has 1 amide bonds. The van der Waals surface area contributed by atoms with E-state index in [1.807, 2.05) is 37.4 Å². The number of likely N-dealkylation sites (N-methyl/N-ethyl adjacent to an activating group) is 1. The van der Waals surface area contributed by atoms with Crippen molar-refractivity contribution in [3.8, 4) is 11.3 Å². The van der Waals surface area contributed by atoms with Gasteiger partial charge in [-0.05, 0) is 14.0 Å². The van der Waals surface area contributed by atoms with E-state index < -0.39 is 6.10 Å². The number of piperazine rings is 1. The van der Waals surface area contributed by atoms with E-state index in [1.54, 1.807) is 11.8 Å². The molecule has 1 unspecified atom stereocenters. The Morgan fingerprint density at radius 1 is 1.22 bits per heavy atom. The topological polar surface area (TPSA) is 69.8 Å². The van der Waals surface area contributed by atoms with Gasteiger partial charge in [0.2, 0.25) is 0 Å². The summed E-state index contributed by atoms with van der Waals surface area (Å²) < 4.78 is 5.29. The minimum Gasteiger partial charge on any atom is -0.385 e. The second kappa shape index (κ2) is 6.52. The Kier molecular flexibility index (Phi) is 4.45. The minimum atomic E-state index is -0.883. The van der Waals surface area contributed by atoms with Crippen molar-refractivity contribution in [2.45, 2.75) is 13.0 Å². The second-order valence-electron chi connectivity index (χ2n) is 5.91. The molecule has 1 N–H and O–H groups in total. The van der Waals surface area contributed by atoms with Crippen molar-refractivity contribution in [3.05, 3.63) is 41.7 Å². The predicted molar refractivity (Wildman–Crippen MR) is 86.0 cm³/mol. The van der Waals surface area contributed by atoms with Crippen molar-refractivity contribution in [1.82, 2.24) is 15.0 Å². The molecule has 6 heteroatoms. The third-order valence-electron chi connectivity index (χ3n) is 4.15. The Morgan fingerprint density at radius 3 is 2.48 bits per heavy atom. The normalized spacial score (nSPS) is 17.3. The van der Waals surface area contributed by atoms with Crippen molar-refractivity contribution in [1.29, 1.82) is 0 Å². The van der Waals surface area contributed by atoms with E-state index >= 15 is 0 Å². The van der Waals surface area contributed by atoms with E-state index in [0.717, 1.165) is 18.7 Å². The van der Waals surface area contributed by atoms with Crippen LogP contribution >= 0.6 is 0 Å². The number of hydrogen-bond acceptors (Lipinski definition) is 5. The van der Waals surface area contributed by atoms with Crippen LogP contribution in [0.2, 0.25) is 0 Å². The number of aliphatic hydroxyl groups excluding tert-OH is 1. The van der Waals surface area contributed by atoms with E-state index in [0.29, 0.717) is 24.3 Å². The Balaban J connectivity index is 1.99. The van der Waals surface area contributed by atoms with Crippen molar-refractivity contribution in [2.75, 3.05) is 33.2 Å². The summed E-state index contributed by atoms with van der Waals surface area (Å²) in [6.07, 6.45) is -0.883. The number of aliphatic hydroxyl groups is 1. The lowest BCUT2D eigenvalue weighted by Gasteiger charge is -2.32. The van der Waals surface area contributed by atoms with Crippen LogP contribution in [0, 0.1) is 0 Å². The molecule has 23 heavy (non-hydrogen) atoms. The highest BCUT2D eigenvalue weighted by molar-refractivity contribution is 6.01. The van der Waals surface area contributed by atoms with Gasteiger partial charge in [0.15, 0.2) is 5.76 Å². The quantitative estimate of drug-likeness (QED) is 0.935. The number of benzene rings is 1. The number of aromatic nitrogens is 1. The highest BCUT2D eigenvalue weighted by atomic mass is 16.5. The summed E-state index contributed by atoms with van der Waals surface area (Å²) in [4.78, 5) is 17.0. The SMILES string of the molecule is CC(O)c1onc(-c2ccccc2)c1C(=O)N1CCN(C)CC1. The fourth-order valence-electron chi connectivity index (χ4n) is 2.76. The number of carbonyl (C=O) groups is 1. The maximum atomic E-state index is 13.0. The molecule has 1 fully saturated rings. The summed E-state index contributed by atoms with van der Waals surface area (Å²) in [5.41, 5.74) is 1.67. The number of carbonyl (C=O) groups excluding carboxylic acids is 1. The smallest absolute Gasteiger partial charge is 0.259 e. The van der Waals surface area contributed by atoms with Crippen LogP contribution in [0.5, 0.6) is 0 Å². The summed E-state index contributed by atoms with van der Waals surface area (Å²) >= 11 is 0. The molecule has 2 aromatic rings. The van der Waals surface area contributed by atoms with Gasteiger partial charge in [-0.15, -0.1) is 0 Å². The van der Waals surface area contributed by atoms with Crippen LogP contribution in [-0.4, -0.2) is 59.2 Å². The first-order valence-electron chi connectivity index (χ1n) is 7.79. The lowest BCUT2D eigenvalue weighted by Crippen LogP contribution is -2.47. The number of rotatable bonds is 3. The van der Waals surface area contributed by atoms with Gasteiger partial charge in [0.25, 0.3) is 5.91 Å². The zero-order valence-electron chi connectivity index (χ0n) is 13.4. The molecular formula is C17H21N3O3. The molecule has 0 aliphatic carbocycles. The van der Waals surface area contributed by atoms with E-state index in [1.165, 1.54) is 0 Å². The van der Waals surface area contributed by atoms with Gasteiger partial charge in [-0.2, -0.15) is 0 Å². The molecule has 6 nitrogen and oxygen atoms in total. The molecule has 3 rings (SSSR count). The Labute approximate surface area is 135 Å². The number of hydrogen-bond donors (Lipinski definition) is 1. The molecule has 0 spiro atoms. The molecular weight excluding hydrogens is 294 g/mol. The summed E-state index contributed by atoms with van der Waals surface area (Å²) in [6.45, 7) is 4.57. The lowest BCUT2D eigenvalue weighted by atomic mass is 10.0. The van der Waals surface area contributed by atoms with Gasteiger partial charge in [-0.3, -0.25) is 4.79 Å². The van der Waals surface area contributed by atoms with Crippen LogP contribution in [0.15, 0.2) is 34.9 Å². The molecule has 1 aromatic heterocycles. The van der Waals surface area contributed by atoms with E-state index in [9.17, 15) is 9.90 Å². The van der Waals surface area contributed by atoms with Crippen molar-refractivity contribution < 1.29 is 14.4 Å². The van der Waals surface area contributed by atoms with Gasteiger partial charge in [-0.1, -0.05) is 35.5 Å². The fraction of sp³-hybridized carbons (Fsp3) is 0.412. The maximum absolute atomic E-state index is 13.0. The highest BCUT2D eigenvalue weighted by Gasteiger charge is 2.30. The molecule has 0 saturated carbocycles. The number of amides is 1. The highest BCUT2D eigenvalue weighted by Crippen LogP contribution is 2.30. The predicted octanol–water partition coefficient (Wildman–Crippen LogP) is 1.78. The van der Waals surface area contributed by atoms with Crippen LogP contribution in [0.3, 0.4) is 0 Å². The Bertz CT molecular complexity index is 674. The molecule has 0 radical (unpaired) electrons. The molecule has 1 aliphatic rings. The molecule has 1 aromatic carbocycles. The van der Waals surface area contributed by atoms with Crippen LogP contribution in [0.25, 0.3) is 11.3 Å². The van der Waals surface area contributed by atoms with Crippen LogP contribution in [0.1, 0.15) is 29.1 Å². The fourth-order valence-corrected chi connectivity index (χ4v) is 2.76.